The summed E-state index contributed by atoms with van der Waals surface area (Å²) in [5, 5.41) is 10.3. The van der Waals surface area contributed by atoms with Gasteiger partial charge in [0, 0.05) is 12.0 Å². The maximum atomic E-state index is 12.6. The maximum Gasteiger partial charge on any atom is 0.196 e. The Morgan fingerprint density at radius 2 is 2.05 bits per heavy atom. The van der Waals surface area contributed by atoms with Crippen LogP contribution in [0.5, 0.6) is 0 Å². The smallest absolute Gasteiger partial charge is 0.196 e. The molecule has 1 N–H and O–H groups in total. The van der Waals surface area contributed by atoms with Gasteiger partial charge in [-0.25, -0.2) is 0 Å². The highest BCUT2D eigenvalue weighted by Gasteiger charge is 2.19. The zero-order valence-electron chi connectivity index (χ0n) is 11.3. The highest BCUT2D eigenvalue weighted by atomic mass is 16.4. The van der Waals surface area contributed by atoms with Crippen LogP contribution >= 0.6 is 0 Å². The predicted molar refractivity (Wildman–Crippen MR) is 80.1 cm³/mol. The van der Waals surface area contributed by atoms with Crippen molar-refractivity contribution in [2.24, 2.45) is 0 Å². The van der Waals surface area contributed by atoms with Crippen molar-refractivity contribution in [1.29, 1.82) is 0 Å². The Kier molecular flexibility index (Phi) is 3.46. The molecule has 0 saturated heterocycles. The van der Waals surface area contributed by atoms with Crippen molar-refractivity contribution in [3.05, 3.63) is 71.1 Å². The molecule has 2 aromatic heterocycles. The average Bonchev–Trinajstić information content (AvgIpc) is 3.04. The second kappa shape index (κ2) is 5.42. The Balaban J connectivity index is 2.30. The molecule has 0 bridgehead atoms. The van der Waals surface area contributed by atoms with Crippen molar-refractivity contribution in [2.75, 3.05) is 0 Å². The van der Waals surface area contributed by atoms with Gasteiger partial charge in [0.05, 0.1) is 17.8 Å². The van der Waals surface area contributed by atoms with E-state index in [-0.39, 0.29) is 11.8 Å². The number of para-hydroxylation sites is 1. The molecule has 0 aliphatic heterocycles. The number of aliphatic hydroxyl groups is 1. The van der Waals surface area contributed by atoms with Gasteiger partial charge in [-0.05, 0) is 24.3 Å². The summed E-state index contributed by atoms with van der Waals surface area (Å²) in [5.74, 6) is 0.814. The number of hydrogen-bond donors (Lipinski definition) is 1. The molecule has 0 saturated carbocycles. The van der Waals surface area contributed by atoms with E-state index in [0.29, 0.717) is 28.1 Å². The molecule has 106 valence electrons. The molecule has 0 fully saturated rings. The molecule has 4 nitrogen and oxygen atoms in total. The van der Waals surface area contributed by atoms with Gasteiger partial charge in [-0.15, -0.1) is 6.58 Å². The second-order valence-electron chi connectivity index (χ2n) is 4.72. The lowest BCUT2D eigenvalue weighted by Crippen LogP contribution is -2.17. The van der Waals surface area contributed by atoms with Crippen LogP contribution in [0.2, 0.25) is 0 Å². The minimum absolute atomic E-state index is 0.132. The number of fused-ring (bicyclic) bond motifs is 1. The molecule has 0 aliphatic rings. The van der Waals surface area contributed by atoms with Crippen LogP contribution in [0.25, 0.3) is 22.5 Å². The Morgan fingerprint density at radius 3 is 2.76 bits per heavy atom. The van der Waals surface area contributed by atoms with Gasteiger partial charge in [-0.2, -0.15) is 0 Å². The molecular weight excluding hydrogens is 268 g/mol. The van der Waals surface area contributed by atoms with Crippen LogP contribution in [0.1, 0.15) is 5.56 Å². The van der Waals surface area contributed by atoms with Gasteiger partial charge >= 0.3 is 0 Å². The second-order valence-corrected chi connectivity index (χ2v) is 4.72. The molecule has 0 amide bonds. The van der Waals surface area contributed by atoms with Crippen molar-refractivity contribution < 1.29 is 13.9 Å². The van der Waals surface area contributed by atoms with Gasteiger partial charge in [0.15, 0.2) is 16.9 Å². The number of rotatable bonds is 4. The highest BCUT2D eigenvalue weighted by molar-refractivity contribution is 5.79. The van der Waals surface area contributed by atoms with E-state index in [1.807, 2.05) is 0 Å². The van der Waals surface area contributed by atoms with Crippen molar-refractivity contribution >= 4 is 11.0 Å². The first-order chi connectivity index (χ1) is 10.2. The van der Waals surface area contributed by atoms with Gasteiger partial charge in [-0.1, -0.05) is 18.2 Å². The summed E-state index contributed by atoms with van der Waals surface area (Å²) >= 11 is 0. The Morgan fingerprint density at radius 1 is 1.24 bits per heavy atom. The van der Waals surface area contributed by atoms with Gasteiger partial charge in [0.1, 0.15) is 5.58 Å². The third-order valence-electron chi connectivity index (χ3n) is 3.32. The quantitative estimate of drug-likeness (QED) is 0.747. The fraction of sp³-hybridized carbons (Fsp3) is 0.118. The minimum atomic E-state index is -0.817. The van der Waals surface area contributed by atoms with E-state index in [4.69, 9.17) is 8.83 Å². The fourth-order valence-corrected chi connectivity index (χ4v) is 2.27. The standard InChI is InChI=1S/C17H14O4/c1-2-11(18)10-13-16(19)12-6-3-4-7-14(12)21-17(13)15-8-5-9-20-15/h2-9,11,18H,1,10H2. The largest absolute Gasteiger partial charge is 0.461 e. The van der Waals surface area contributed by atoms with E-state index >= 15 is 0 Å². The fourth-order valence-electron chi connectivity index (χ4n) is 2.27. The third kappa shape index (κ3) is 2.41. The van der Waals surface area contributed by atoms with E-state index < -0.39 is 6.10 Å². The molecule has 4 heteroatoms. The first-order valence-corrected chi connectivity index (χ1v) is 6.60. The summed E-state index contributed by atoms with van der Waals surface area (Å²) in [7, 11) is 0. The third-order valence-corrected chi connectivity index (χ3v) is 3.32. The normalized spacial score (nSPS) is 12.4. The molecule has 1 unspecified atom stereocenters. The molecule has 0 radical (unpaired) electrons. The zero-order chi connectivity index (χ0) is 14.8. The van der Waals surface area contributed by atoms with Gasteiger partial charge in [0.25, 0.3) is 0 Å². The van der Waals surface area contributed by atoms with Crippen LogP contribution in [-0.2, 0) is 6.42 Å². The highest BCUT2D eigenvalue weighted by Crippen LogP contribution is 2.27. The monoisotopic (exact) mass is 282 g/mol. The van der Waals surface area contributed by atoms with Crippen LogP contribution in [-0.4, -0.2) is 11.2 Å². The SMILES string of the molecule is C=CC(O)Cc1c(-c2ccco2)oc2ccccc2c1=O. The van der Waals surface area contributed by atoms with Crippen LogP contribution in [0.15, 0.2) is 68.9 Å². The molecule has 0 aliphatic carbocycles. The molecule has 1 atom stereocenters. The van der Waals surface area contributed by atoms with Crippen LogP contribution < -0.4 is 5.43 Å². The van der Waals surface area contributed by atoms with E-state index in [0.717, 1.165) is 0 Å². The van der Waals surface area contributed by atoms with Crippen molar-refractivity contribution in [1.82, 2.24) is 0 Å². The average molecular weight is 282 g/mol. The van der Waals surface area contributed by atoms with Gasteiger partial charge < -0.3 is 13.9 Å². The van der Waals surface area contributed by atoms with Crippen LogP contribution in [0, 0.1) is 0 Å². The molecule has 2 heterocycles. The minimum Gasteiger partial charge on any atom is -0.461 e. The number of aliphatic hydroxyl groups excluding tert-OH is 1. The summed E-state index contributed by atoms with van der Waals surface area (Å²) in [4.78, 5) is 12.6. The zero-order valence-corrected chi connectivity index (χ0v) is 11.3. The van der Waals surface area contributed by atoms with Gasteiger partial charge in [0.2, 0.25) is 0 Å². The number of benzene rings is 1. The lowest BCUT2D eigenvalue weighted by atomic mass is 10.0. The lowest BCUT2D eigenvalue weighted by Gasteiger charge is -2.10. The summed E-state index contributed by atoms with van der Waals surface area (Å²) < 4.78 is 11.2. The summed E-state index contributed by atoms with van der Waals surface area (Å²) in [5.41, 5.74) is 0.714. The Labute approximate surface area is 120 Å². The molecule has 3 aromatic rings. The first kappa shape index (κ1) is 13.4. The maximum absolute atomic E-state index is 12.6. The van der Waals surface area contributed by atoms with E-state index in [2.05, 4.69) is 6.58 Å². The van der Waals surface area contributed by atoms with Gasteiger partial charge in [-0.3, -0.25) is 4.79 Å². The molecule has 3 rings (SSSR count). The Bertz CT molecular complexity index is 828. The summed E-state index contributed by atoms with van der Waals surface area (Å²) in [6.07, 6.45) is 2.22. The van der Waals surface area contributed by atoms with Crippen molar-refractivity contribution in [3.8, 4) is 11.5 Å². The van der Waals surface area contributed by atoms with Crippen LogP contribution in [0.4, 0.5) is 0 Å². The predicted octanol–water partition coefficient (Wildman–Crippen LogP) is 3.14. The number of furan rings is 1. The van der Waals surface area contributed by atoms with E-state index in [1.165, 1.54) is 12.3 Å². The van der Waals surface area contributed by atoms with E-state index in [9.17, 15) is 9.90 Å². The van der Waals surface area contributed by atoms with E-state index in [1.54, 1.807) is 36.4 Å². The summed E-state index contributed by atoms with van der Waals surface area (Å²) in [6, 6.07) is 10.5. The molecule has 0 spiro atoms. The van der Waals surface area contributed by atoms with Crippen molar-refractivity contribution in [3.63, 3.8) is 0 Å². The molecule has 1 aromatic carbocycles. The van der Waals surface area contributed by atoms with Crippen LogP contribution in [0.3, 0.4) is 0 Å². The van der Waals surface area contributed by atoms with Crippen molar-refractivity contribution in [2.45, 2.75) is 12.5 Å². The topological polar surface area (TPSA) is 63.6 Å². The summed E-state index contributed by atoms with van der Waals surface area (Å²) in [6.45, 7) is 3.54. The molecular formula is C17H14O4. The number of hydrogen-bond acceptors (Lipinski definition) is 4. The Hall–Kier alpha value is -2.59. The molecule has 21 heavy (non-hydrogen) atoms. The first-order valence-electron chi connectivity index (χ1n) is 6.60. The lowest BCUT2D eigenvalue weighted by molar-refractivity contribution is 0.223.